The predicted octanol–water partition coefficient (Wildman–Crippen LogP) is 2.75. The van der Waals surface area contributed by atoms with Crippen molar-refractivity contribution in [1.29, 1.82) is 0 Å². The molecule has 8 nitrogen and oxygen atoms in total. The molecule has 2 aromatic carbocycles. The van der Waals surface area contributed by atoms with E-state index in [9.17, 15) is 9.50 Å². The Morgan fingerprint density at radius 3 is 2.76 bits per heavy atom. The number of nitrogens with zero attached hydrogens (tertiary/aromatic N) is 3. The quantitative estimate of drug-likeness (QED) is 0.487. The van der Waals surface area contributed by atoms with Crippen molar-refractivity contribution >= 4 is 0 Å². The first kappa shape index (κ1) is 24.0. The summed E-state index contributed by atoms with van der Waals surface area (Å²) < 4.78 is 37.9. The van der Waals surface area contributed by atoms with E-state index in [4.69, 9.17) is 18.9 Å². The van der Waals surface area contributed by atoms with Gasteiger partial charge in [-0.1, -0.05) is 6.07 Å². The molecule has 0 spiro atoms. The molecule has 1 N–H and O–H groups in total. The monoisotopic (exact) mass is 471 g/mol. The van der Waals surface area contributed by atoms with Crippen molar-refractivity contribution in [2.24, 2.45) is 0 Å². The highest BCUT2D eigenvalue weighted by atomic mass is 19.1. The number of methoxy groups -OCH3 is 1. The maximum atomic E-state index is 13.1. The van der Waals surface area contributed by atoms with Crippen molar-refractivity contribution in [1.82, 2.24) is 14.5 Å². The van der Waals surface area contributed by atoms with Crippen LogP contribution < -0.4 is 14.2 Å². The number of rotatable bonds is 10. The molecule has 34 heavy (non-hydrogen) atoms. The van der Waals surface area contributed by atoms with Crippen LogP contribution in [-0.4, -0.2) is 71.8 Å². The lowest BCUT2D eigenvalue weighted by Crippen LogP contribution is -2.48. The zero-order valence-corrected chi connectivity index (χ0v) is 19.2. The summed E-state index contributed by atoms with van der Waals surface area (Å²) in [5.41, 5.74) is -0.163. The van der Waals surface area contributed by atoms with Crippen LogP contribution in [0.5, 0.6) is 17.2 Å². The van der Waals surface area contributed by atoms with Crippen LogP contribution in [0.2, 0.25) is 0 Å². The molecule has 9 heteroatoms. The fraction of sp³-hybridized carbons (Fsp3) is 0.400. The summed E-state index contributed by atoms with van der Waals surface area (Å²) in [6, 6.07) is 11.6. The van der Waals surface area contributed by atoms with Crippen LogP contribution in [0, 0.1) is 5.82 Å². The smallest absolute Gasteiger partial charge is 0.161 e. The average molecular weight is 472 g/mol. The van der Waals surface area contributed by atoms with E-state index < -0.39 is 5.60 Å². The lowest BCUT2D eigenvalue weighted by atomic mass is 10.1. The highest BCUT2D eigenvalue weighted by Gasteiger charge is 2.33. The predicted molar refractivity (Wildman–Crippen MR) is 124 cm³/mol. The van der Waals surface area contributed by atoms with Crippen LogP contribution in [0.3, 0.4) is 0 Å². The molecule has 3 aromatic rings. The van der Waals surface area contributed by atoms with Crippen LogP contribution in [0.25, 0.3) is 0 Å². The summed E-state index contributed by atoms with van der Waals surface area (Å²) in [4.78, 5) is 6.16. The molecule has 0 amide bonds. The van der Waals surface area contributed by atoms with Gasteiger partial charge in [0.25, 0.3) is 0 Å². The summed E-state index contributed by atoms with van der Waals surface area (Å²) in [5.74, 6) is 1.50. The van der Waals surface area contributed by atoms with Gasteiger partial charge in [0.1, 0.15) is 30.4 Å². The zero-order valence-electron chi connectivity index (χ0n) is 19.2. The van der Waals surface area contributed by atoms with E-state index in [-0.39, 0.29) is 19.0 Å². The highest BCUT2D eigenvalue weighted by Crippen LogP contribution is 2.29. The lowest BCUT2D eigenvalue weighted by Gasteiger charge is -2.30. The van der Waals surface area contributed by atoms with Crippen molar-refractivity contribution in [3.8, 4) is 17.2 Å². The molecule has 1 aliphatic heterocycles. The molecule has 1 saturated heterocycles. The van der Waals surface area contributed by atoms with Gasteiger partial charge in [-0.25, -0.2) is 9.37 Å². The number of benzene rings is 2. The molecule has 1 fully saturated rings. The number of hydrogen-bond acceptors (Lipinski definition) is 7. The molecule has 2 heterocycles. The van der Waals surface area contributed by atoms with E-state index >= 15 is 0 Å². The molecular weight excluding hydrogens is 441 g/mol. The molecule has 0 saturated carbocycles. The first-order valence-corrected chi connectivity index (χ1v) is 11.2. The van der Waals surface area contributed by atoms with Gasteiger partial charge < -0.3 is 28.6 Å². The van der Waals surface area contributed by atoms with Gasteiger partial charge in [-0.2, -0.15) is 0 Å². The Hall–Kier alpha value is -3.14. The summed E-state index contributed by atoms with van der Waals surface area (Å²) in [7, 11) is 1.62. The van der Waals surface area contributed by atoms with Crippen molar-refractivity contribution in [3.05, 3.63) is 72.6 Å². The number of imidazole rings is 1. The van der Waals surface area contributed by atoms with Gasteiger partial charge in [-0.15, -0.1) is 0 Å². The van der Waals surface area contributed by atoms with Crippen LogP contribution in [-0.2, 0) is 17.8 Å². The van der Waals surface area contributed by atoms with Gasteiger partial charge in [0.2, 0.25) is 0 Å². The molecule has 0 bridgehead atoms. The van der Waals surface area contributed by atoms with Gasteiger partial charge >= 0.3 is 0 Å². The fourth-order valence-electron chi connectivity index (χ4n) is 3.84. The minimum atomic E-state index is -1.19. The van der Waals surface area contributed by atoms with E-state index in [0.717, 1.165) is 5.56 Å². The van der Waals surface area contributed by atoms with Crippen molar-refractivity contribution < 1.29 is 28.4 Å². The van der Waals surface area contributed by atoms with E-state index in [1.807, 2.05) is 29.0 Å². The number of β-amino-alcohol motifs (C(OH)–C–C–N with tert-alkyl or cyclic N) is 1. The third-order valence-corrected chi connectivity index (χ3v) is 5.56. The summed E-state index contributed by atoms with van der Waals surface area (Å²) >= 11 is 0. The number of hydrogen-bond donors (Lipinski definition) is 1. The minimum absolute atomic E-state index is 0.0420. The number of ether oxygens (including phenoxy) is 4. The van der Waals surface area contributed by atoms with E-state index in [0.29, 0.717) is 56.6 Å². The fourth-order valence-corrected chi connectivity index (χ4v) is 3.84. The third kappa shape index (κ3) is 6.69. The standard InChI is InChI=1S/C25H30FN3O5/c1-31-23-7-2-20(14-24(23)33-13-11-28-9-8-27-19-28)15-29-10-12-32-17-25(30,16-29)18-34-22-5-3-21(26)4-6-22/h2-9,14,19,30H,10-13,15-18H2,1H3. The van der Waals surface area contributed by atoms with Crippen molar-refractivity contribution in [2.45, 2.75) is 18.7 Å². The molecule has 1 unspecified atom stereocenters. The Morgan fingerprint density at radius 2 is 2.00 bits per heavy atom. The van der Waals surface area contributed by atoms with Gasteiger partial charge in [-0.3, -0.25) is 4.90 Å². The number of aromatic nitrogens is 2. The minimum Gasteiger partial charge on any atom is -0.493 e. The molecule has 1 atom stereocenters. The maximum Gasteiger partial charge on any atom is 0.161 e. The van der Waals surface area contributed by atoms with E-state index in [1.54, 1.807) is 31.8 Å². The summed E-state index contributed by atoms with van der Waals surface area (Å²) in [6.45, 7) is 3.51. The van der Waals surface area contributed by atoms with Crippen LogP contribution in [0.15, 0.2) is 61.2 Å². The topological polar surface area (TPSA) is 78.2 Å². The second kappa shape index (κ2) is 11.3. The normalized spacial score (nSPS) is 18.9. The Morgan fingerprint density at radius 1 is 1.15 bits per heavy atom. The molecule has 0 radical (unpaired) electrons. The molecule has 1 aromatic heterocycles. The lowest BCUT2D eigenvalue weighted by molar-refractivity contribution is -0.0646. The molecule has 182 valence electrons. The second-order valence-corrected chi connectivity index (χ2v) is 8.36. The second-order valence-electron chi connectivity index (χ2n) is 8.36. The van der Waals surface area contributed by atoms with E-state index in [1.165, 1.54) is 12.1 Å². The maximum absolute atomic E-state index is 13.1. The number of aliphatic hydroxyl groups is 1. The molecule has 1 aliphatic rings. The molecule has 0 aliphatic carbocycles. The van der Waals surface area contributed by atoms with Crippen LogP contribution in [0.4, 0.5) is 4.39 Å². The Bertz CT molecular complexity index is 1030. The Labute approximate surface area is 198 Å². The summed E-state index contributed by atoms with van der Waals surface area (Å²) in [6.07, 6.45) is 5.37. The van der Waals surface area contributed by atoms with Gasteiger partial charge in [-0.05, 0) is 42.0 Å². The molecule has 4 rings (SSSR count). The van der Waals surface area contributed by atoms with E-state index in [2.05, 4.69) is 9.88 Å². The van der Waals surface area contributed by atoms with Gasteiger partial charge in [0.15, 0.2) is 11.5 Å². The largest absolute Gasteiger partial charge is 0.493 e. The van der Waals surface area contributed by atoms with Crippen molar-refractivity contribution in [3.63, 3.8) is 0 Å². The molecular formula is C25H30FN3O5. The third-order valence-electron chi connectivity index (χ3n) is 5.56. The first-order valence-electron chi connectivity index (χ1n) is 11.2. The van der Waals surface area contributed by atoms with Gasteiger partial charge in [0.05, 0.1) is 33.2 Å². The Balaban J connectivity index is 1.37. The SMILES string of the molecule is COc1ccc(CN2CCOCC(O)(COc3ccc(F)cc3)C2)cc1OCCn1ccnc1. The van der Waals surface area contributed by atoms with Crippen LogP contribution in [0.1, 0.15) is 5.56 Å². The number of halogens is 1. The van der Waals surface area contributed by atoms with Gasteiger partial charge in [0, 0.05) is 32.0 Å². The first-order chi connectivity index (χ1) is 16.5. The average Bonchev–Trinajstić information content (AvgIpc) is 3.28. The zero-order chi connectivity index (χ0) is 23.8. The van der Waals surface area contributed by atoms with Crippen LogP contribution >= 0.6 is 0 Å². The highest BCUT2D eigenvalue weighted by molar-refractivity contribution is 5.43. The van der Waals surface area contributed by atoms with Crippen molar-refractivity contribution in [2.75, 3.05) is 46.6 Å². The Kier molecular flexibility index (Phi) is 7.99. The summed E-state index contributed by atoms with van der Waals surface area (Å²) in [5, 5.41) is 11.1.